The molecule has 0 bridgehead atoms. The topological polar surface area (TPSA) is 231 Å². The Hall–Kier alpha value is -7.09. The van der Waals surface area contributed by atoms with Gasteiger partial charge in [-0.3, -0.25) is 38.5 Å². The molecule has 73 heavy (non-hydrogen) atoms. The molecule has 386 valence electrons. The van der Waals surface area contributed by atoms with Gasteiger partial charge in [-0.2, -0.15) is 18.4 Å². The number of thiazole rings is 1. The van der Waals surface area contributed by atoms with E-state index in [1.165, 1.54) is 45.4 Å². The minimum absolute atomic E-state index is 0.0132. The molecule has 17 nitrogen and oxygen atoms in total. The first-order chi connectivity index (χ1) is 34.3. The summed E-state index contributed by atoms with van der Waals surface area (Å²) in [5.41, 5.74) is 0.814. The zero-order valence-electron chi connectivity index (χ0n) is 40.9. The van der Waals surface area contributed by atoms with Crippen LogP contribution in [0.15, 0.2) is 72.2 Å². The second kappa shape index (κ2) is 22.8. The molecule has 2 aliphatic heterocycles. The van der Waals surface area contributed by atoms with Gasteiger partial charge in [0, 0.05) is 50.9 Å². The first kappa shape index (κ1) is 55.2. The number of amides is 5. The maximum Gasteiger partial charge on any atom is 0.417 e. The number of nitrogens with one attached hydrogen (secondary N) is 3. The minimum Gasteiger partial charge on any atom is -0.486 e. The second-order valence-electron chi connectivity index (χ2n) is 19.2. The Bertz CT molecular complexity index is 2820. The second-order valence-corrected chi connectivity index (χ2v) is 20.5. The number of β-amino-alcohol motifs (C(OH)–C–C–N with tert-alkyl or cyclic N) is 1. The Balaban J connectivity index is 0.915. The van der Waals surface area contributed by atoms with E-state index in [0.717, 1.165) is 32.7 Å². The molecule has 6 rings (SSSR count). The van der Waals surface area contributed by atoms with E-state index in [-0.39, 0.29) is 61.7 Å². The first-order valence-electron chi connectivity index (χ1n) is 23.2. The first-order valence-corrected chi connectivity index (χ1v) is 24.5. The van der Waals surface area contributed by atoms with Crippen molar-refractivity contribution in [3.8, 4) is 22.3 Å². The average Bonchev–Trinajstić information content (AvgIpc) is 4.01. The van der Waals surface area contributed by atoms with Crippen LogP contribution in [0.4, 0.5) is 24.5 Å². The molecular formula is C51H55F3N8O9S2. The maximum atomic E-state index is 14.0. The van der Waals surface area contributed by atoms with Gasteiger partial charge >= 0.3 is 6.18 Å². The lowest BCUT2D eigenvalue weighted by Gasteiger charge is -2.35. The van der Waals surface area contributed by atoms with Gasteiger partial charge in [0.05, 0.1) is 51.6 Å². The molecular weight excluding hydrogens is 990 g/mol. The van der Waals surface area contributed by atoms with Gasteiger partial charge in [-0.05, 0) is 92.0 Å². The highest BCUT2D eigenvalue weighted by Gasteiger charge is 2.51. The van der Waals surface area contributed by atoms with E-state index < -0.39 is 101 Å². The summed E-state index contributed by atoms with van der Waals surface area (Å²) in [7, 11) is 0. The number of hydrogen-bond acceptors (Lipinski definition) is 13. The Morgan fingerprint density at radius 2 is 1.58 bits per heavy atom. The third-order valence-electron chi connectivity index (χ3n) is 12.3. The van der Waals surface area contributed by atoms with Crippen molar-refractivity contribution in [1.82, 2.24) is 25.8 Å². The molecule has 22 heteroatoms. The van der Waals surface area contributed by atoms with Gasteiger partial charge in [0.15, 0.2) is 16.7 Å². The lowest BCUT2D eigenvalue weighted by Crippen LogP contribution is -2.57. The Morgan fingerprint density at radius 3 is 2.19 bits per heavy atom. The summed E-state index contributed by atoms with van der Waals surface area (Å²) in [5, 5.41) is 27.7. The van der Waals surface area contributed by atoms with Crippen LogP contribution in [0.3, 0.4) is 0 Å². The number of benzene rings is 3. The lowest BCUT2D eigenvalue weighted by atomic mass is 9.85. The summed E-state index contributed by atoms with van der Waals surface area (Å²) >= 11 is 7.11. The molecule has 0 unspecified atom stereocenters. The van der Waals surface area contributed by atoms with E-state index in [2.05, 4.69) is 20.9 Å². The number of nitrogens with zero attached hydrogens (tertiary/aromatic N) is 5. The van der Waals surface area contributed by atoms with Gasteiger partial charge in [0.1, 0.15) is 30.0 Å². The van der Waals surface area contributed by atoms with Crippen molar-refractivity contribution in [2.75, 3.05) is 29.5 Å². The normalized spacial score (nSPS) is 17.0. The van der Waals surface area contributed by atoms with Crippen LogP contribution in [-0.4, -0.2) is 105 Å². The van der Waals surface area contributed by atoms with Crippen LogP contribution in [0.2, 0.25) is 0 Å². The zero-order chi connectivity index (χ0) is 53.6. The van der Waals surface area contributed by atoms with Crippen molar-refractivity contribution >= 4 is 81.1 Å². The number of aromatic nitrogens is 1. The van der Waals surface area contributed by atoms with E-state index in [4.69, 9.17) is 17.0 Å². The standard InChI is InChI=1S/C51H55F3N8O9S2/c1-29-43(73-28-58-29)31-9-7-30(8-10-31)24-57-45(68)40-22-37(65)26-60(40)46(69)44(49(2,3)4)59-42(67)20-15-35(63)25-56-41(66)19-16-36(64)27-71-38-17-13-33(14-18-38)62-48(72)61(47(70)50(62,5)6)34-12-11-32(23-55)39(21-34)51(52,53)54/h7-14,17-18,21,28,37,40,44,65H,15-16,19-20,22,24-27H2,1-6H3,(H,56,66)(H,57,68)(H,59,67)/t37-,40+,44-/m1/s1. The summed E-state index contributed by atoms with van der Waals surface area (Å²) in [6.07, 6.45) is -6.85. The molecule has 0 aliphatic carbocycles. The van der Waals surface area contributed by atoms with Crippen molar-refractivity contribution in [3.63, 3.8) is 0 Å². The zero-order valence-corrected chi connectivity index (χ0v) is 42.6. The number of rotatable bonds is 19. The molecule has 0 radical (unpaired) electrons. The predicted octanol–water partition coefficient (Wildman–Crippen LogP) is 5.93. The third kappa shape index (κ3) is 13.3. The highest BCUT2D eigenvalue weighted by Crippen LogP contribution is 2.40. The van der Waals surface area contributed by atoms with Crippen molar-refractivity contribution in [3.05, 3.63) is 94.6 Å². The fraction of sp³-hybridized carbons (Fsp3) is 0.412. The highest BCUT2D eigenvalue weighted by atomic mass is 32.1. The number of thiocarbonyl (C=S) groups is 1. The number of ether oxygens (including phenoxy) is 1. The highest BCUT2D eigenvalue weighted by molar-refractivity contribution is 7.81. The molecule has 4 aromatic rings. The van der Waals surface area contributed by atoms with Crippen LogP contribution >= 0.6 is 23.6 Å². The van der Waals surface area contributed by atoms with Crippen LogP contribution < -0.4 is 30.5 Å². The van der Waals surface area contributed by atoms with Crippen molar-refractivity contribution < 1.29 is 56.6 Å². The number of ketones is 2. The molecule has 2 fully saturated rings. The quantitative estimate of drug-likeness (QED) is 0.0800. The molecule has 0 spiro atoms. The number of aryl methyl sites for hydroxylation is 1. The minimum atomic E-state index is -4.85. The number of carbonyl (C=O) groups excluding carboxylic acids is 7. The average molecular weight is 1050 g/mol. The van der Waals surface area contributed by atoms with Crippen LogP contribution in [0.1, 0.15) is 89.1 Å². The Labute approximate surface area is 429 Å². The summed E-state index contributed by atoms with van der Waals surface area (Å²) in [5.74, 6) is -3.48. The number of alkyl halides is 3. The van der Waals surface area contributed by atoms with Gasteiger partial charge < -0.3 is 35.6 Å². The smallest absolute Gasteiger partial charge is 0.417 e. The third-order valence-corrected chi connectivity index (χ3v) is 13.6. The van der Waals surface area contributed by atoms with E-state index in [0.29, 0.717) is 11.8 Å². The van der Waals surface area contributed by atoms with E-state index >= 15 is 0 Å². The number of anilines is 2. The van der Waals surface area contributed by atoms with Gasteiger partial charge in [-0.1, -0.05) is 45.0 Å². The summed E-state index contributed by atoms with van der Waals surface area (Å²) in [6.45, 7) is 9.51. The summed E-state index contributed by atoms with van der Waals surface area (Å²) < 4.78 is 46.7. The van der Waals surface area contributed by atoms with Crippen molar-refractivity contribution in [2.45, 2.75) is 110 Å². The van der Waals surface area contributed by atoms with E-state index in [9.17, 15) is 57.1 Å². The number of carbonyl (C=O) groups is 7. The van der Waals surface area contributed by atoms with E-state index in [1.807, 2.05) is 31.2 Å². The van der Waals surface area contributed by atoms with E-state index in [1.54, 1.807) is 52.3 Å². The van der Waals surface area contributed by atoms with Crippen LogP contribution in [-0.2, 0) is 46.3 Å². The molecule has 3 aromatic carbocycles. The molecule has 2 saturated heterocycles. The van der Waals surface area contributed by atoms with Crippen molar-refractivity contribution in [2.24, 2.45) is 5.41 Å². The fourth-order valence-electron chi connectivity index (χ4n) is 8.28. The predicted molar refractivity (Wildman–Crippen MR) is 268 cm³/mol. The number of hydrogen-bond donors (Lipinski definition) is 4. The molecule has 4 N–H and O–H groups in total. The molecule has 3 atom stereocenters. The Morgan fingerprint density at radius 1 is 0.932 bits per heavy atom. The largest absolute Gasteiger partial charge is 0.486 e. The molecule has 1 aromatic heterocycles. The maximum absolute atomic E-state index is 14.0. The number of nitriles is 1. The monoisotopic (exact) mass is 1040 g/mol. The summed E-state index contributed by atoms with van der Waals surface area (Å²) in [6, 6.07) is 16.1. The SMILES string of the molecule is Cc1ncsc1-c1ccc(CNC(=O)[C@@H]2C[C@@H](O)CN2C(=O)[C@@H](NC(=O)CCC(=O)CNC(=O)CCC(=O)COc2ccc(N3C(=S)N(c4ccc(C#N)c(C(F)(F)F)c4)C(=O)C3(C)C)cc2)C(C)(C)C)cc1. The van der Waals surface area contributed by atoms with Crippen LogP contribution in [0, 0.1) is 23.7 Å². The molecule has 0 saturated carbocycles. The fourth-order valence-corrected chi connectivity index (χ4v) is 9.61. The molecule has 2 aliphatic rings. The Kier molecular flexibility index (Phi) is 17.2. The number of halogens is 3. The number of Topliss-reactive ketones (excluding diaryl/α,β-unsaturated/α-hetero) is 2. The molecule has 3 heterocycles. The van der Waals surface area contributed by atoms with Gasteiger partial charge in [-0.25, -0.2) is 4.98 Å². The number of aliphatic hydroxyl groups excluding tert-OH is 1. The van der Waals surface area contributed by atoms with Gasteiger partial charge in [0.25, 0.3) is 5.91 Å². The van der Waals surface area contributed by atoms with Crippen molar-refractivity contribution in [1.29, 1.82) is 5.26 Å². The van der Waals surface area contributed by atoms with Gasteiger partial charge in [0.2, 0.25) is 23.6 Å². The number of aliphatic hydroxyl groups is 1. The van der Waals surface area contributed by atoms with Gasteiger partial charge in [-0.15, -0.1) is 11.3 Å². The molecule has 5 amide bonds. The lowest BCUT2D eigenvalue weighted by molar-refractivity contribution is -0.144. The van der Waals surface area contributed by atoms with Crippen LogP contribution in [0.25, 0.3) is 10.4 Å². The van der Waals surface area contributed by atoms with Crippen LogP contribution in [0.5, 0.6) is 5.75 Å². The summed E-state index contributed by atoms with van der Waals surface area (Å²) in [4.78, 5) is 101. The number of likely N-dealkylation sites (tertiary alicyclic amines) is 1.